The summed E-state index contributed by atoms with van der Waals surface area (Å²) in [6, 6.07) is 1.76. The van der Waals surface area contributed by atoms with Crippen molar-refractivity contribution >= 4 is 23.3 Å². The molecule has 0 saturated carbocycles. The maximum Gasteiger partial charge on any atom is 0.471 e. The van der Waals surface area contributed by atoms with Crippen molar-refractivity contribution in [3.63, 3.8) is 0 Å². The number of anilines is 1. The monoisotopic (exact) mass is 390 g/mol. The van der Waals surface area contributed by atoms with Crippen LogP contribution in [0.2, 0.25) is 5.15 Å². The van der Waals surface area contributed by atoms with Gasteiger partial charge in [0.2, 0.25) is 0 Å². The molecule has 2 aliphatic rings. The van der Waals surface area contributed by atoms with Crippen LogP contribution in [-0.2, 0) is 4.79 Å². The van der Waals surface area contributed by atoms with E-state index < -0.39 is 12.1 Å². The fraction of sp³-hybridized carbons (Fsp3) is 0.706. The molecule has 3 heterocycles. The number of aryl methyl sites for hydroxylation is 1. The van der Waals surface area contributed by atoms with Gasteiger partial charge >= 0.3 is 12.1 Å². The number of carbonyl (C=O) groups is 1. The molecule has 0 aromatic carbocycles. The Kier molecular flexibility index (Phi) is 5.60. The second kappa shape index (κ2) is 7.58. The van der Waals surface area contributed by atoms with Crippen molar-refractivity contribution in [1.82, 2.24) is 14.9 Å². The topological polar surface area (TPSA) is 49.3 Å². The highest BCUT2D eigenvalue weighted by Crippen LogP contribution is 2.34. The van der Waals surface area contributed by atoms with Crippen LogP contribution in [0.4, 0.5) is 19.0 Å². The number of nitrogens with zero attached hydrogens (tertiary/aromatic N) is 4. The van der Waals surface area contributed by atoms with E-state index in [0.717, 1.165) is 37.1 Å². The smallest absolute Gasteiger partial charge is 0.353 e. The van der Waals surface area contributed by atoms with Gasteiger partial charge in [-0.3, -0.25) is 4.79 Å². The first-order chi connectivity index (χ1) is 12.3. The molecule has 0 aliphatic carbocycles. The van der Waals surface area contributed by atoms with Gasteiger partial charge in [0.25, 0.3) is 0 Å². The first kappa shape index (κ1) is 19.2. The van der Waals surface area contributed by atoms with E-state index >= 15 is 0 Å². The molecule has 1 aromatic heterocycles. The second-order valence-electron chi connectivity index (χ2n) is 7.00. The van der Waals surface area contributed by atoms with Crippen molar-refractivity contribution < 1.29 is 18.0 Å². The number of likely N-dealkylation sites (tertiary alicyclic amines) is 1. The molecule has 0 spiro atoms. The highest BCUT2D eigenvalue weighted by Gasteiger charge is 2.45. The normalized spacial score (nSPS) is 24.7. The first-order valence-electron chi connectivity index (χ1n) is 8.89. The van der Waals surface area contributed by atoms with E-state index in [2.05, 4.69) is 14.9 Å². The molecule has 0 bridgehead atoms. The fourth-order valence-electron chi connectivity index (χ4n) is 4.08. The van der Waals surface area contributed by atoms with E-state index in [4.69, 9.17) is 11.6 Å². The van der Waals surface area contributed by atoms with Crippen molar-refractivity contribution in [2.24, 2.45) is 5.92 Å². The van der Waals surface area contributed by atoms with E-state index in [1.54, 1.807) is 13.0 Å². The molecule has 2 fully saturated rings. The van der Waals surface area contributed by atoms with Gasteiger partial charge in [0, 0.05) is 31.7 Å². The minimum Gasteiger partial charge on any atom is -0.353 e. The summed E-state index contributed by atoms with van der Waals surface area (Å²) in [7, 11) is 0. The first-order valence-corrected chi connectivity index (χ1v) is 9.27. The lowest BCUT2D eigenvalue weighted by Gasteiger charge is -2.45. The summed E-state index contributed by atoms with van der Waals surface area (Å²) in [5.74, 6) is -0.462. The highest BCUT2D eigenvalue weighted by molar-refractivity contribution is 6.29. The van der Waals surface area contributed by atoms with Crippen molar-refractivity contribution in [1.29, 1.82) is 0 Å². The maximum absolute atomic E-state index is 12.8. The Morgan fingerprint density at radius 1 is 1.19 bits per heavy atom. The SMILES string of the molecule is Cc1nc(Cl)cc(N2CCCCC2C2CCCN(C(=O)C(F)(F)F)C2)n1. The predicted molar refractivity (Wildman–Crippen MR) is 92.1 cm³/mol. The molecule has 1 amide bonds. The van der Waals surface area contributed by atoms with Crippen molar-refractivity contribution in [2.75, 3.05) is 24.5 Å². The van der Waals surface area contributed by atoms with Gasteiger partial charge in [-0.05, 0) is 44.9 Å². The third-order valence-corrected chi connectivity index (χ3v) is 5.36. The molecule has 2 aliphatic heterocycles. The lowest BCUT2D eigenvalue weighted by atomic mass is 9.84. The summed E-state index contributed by atoms with van der Waals surface area (Å²) >= 11 is 6.06. The van der Waals surface area contributed by atoms with E-state index in [1.165, 1.54) is 0 Å². The van der Waals surface area contributed by atoms with Gasteiger partial charge in [0.05, 0.1) is 0 Å². The van der Waals surface area contributed by atoms with Crippen LogP contribution < -0.4 is 4.90 Å². The molecular formula is C17H22ClF3N4O. The quantitative estimate of drug-likeness (QED) is 0.724. The Morgan fingerprint density at radius 2 is 1.96 bits per heavy atom. The summed E-state index contributed by atoms with van der Waals surface area (Å²) in [5.41, 5.74) is 0. The summed E-state index contributed by atoms with van der Waals surface area (Å²) < 4.78 is 38.4. The number of halogens is 4. The van der Waals surface area contributed by atoms with Crippen molar-refractivity contribution in [3.05, 3.63) is 17.0 Å². The Hall–Kier alpha value is -1.57. The molecule has 1 aromatic rings. The van der Waals surface area contributed by atoms with Gasteiger partial charge in [0.1, 0.15) is 16.8 Å². The standard InChI is InChI=1S/C17H22ClF3N4O/c1-11-22-14(18)9-15(23-11)25-8-3-2-6-13(25)12-5-4-7-24(10-12)16(26)17(19,20)21/h9,12-13H,2-8,10H2,1H3. The molecule has 144 valence electrons. The van der Waals surface area contributed by atoms with Crippen LogP contribution in [0.5, 0.6) is 0 Å². The molecular weight excluding hydrogens is 369 g/mol. The number of rotatable bonds is 2. The van der Waals surface area contributed by atoms with E-state index in [1.807, 2.05) is 0 Å². The average Bonchev–Trinajstić information content (AvgIpc) is 2.59. The largest absolute Gasteiger partial charge is 0.471 e. The summed E-state index contributed by atoms with van der Waals surface area (Å²) in [6.45, 7) is 2.84. The summed E-state index contributed by atoms with van der Waals surface area (Å²) in [6.07, 6.45) is -0.538. The zero-order chi connectivity index (χ0) is 18.9. The van der Waals surface area contributed by atoms with Crippen LogP contribution in [0.25, 0.3) is 0 Å². The molecule has 5 nitrogen and oxygen atoms in total. The van der Waals surface area contributed by atoms with Gasteiger partial charge in [0.15, 0.2) is 0 Å². The zero-order valence-electron chi connectivity index (χ0n) is 14.6. The third-order valence-electron chi connectivity index (χ3n) is 5.17. The van der Waals surface area contributed by atoms with Gasteiger partial charge in [-0.2, -0.15) is 13.2 Å². The molecule has 9 heteroatoms. The number of hydrogen-bond donors (Lipinski definition) is 0. The minimum absolute atomic E-state index is 0.00982. The van der Waals surface area contributed by atoms with E-state index in [0.29, 0.717) is 23.2 Å². The van der Waals surface area contributed by atoms with Gasteiger partial charge in [-0.1, -0.05) is 11.6 Å². The van der Waals surface area contributed by atoms with Crippen LogP contribution in [0, 0.1) is 12.8 Å². The van der Waals surface area contributed by atoms with Crippen LogP contribution in [0.15, 0.2) is 6.07 Å². The molecule has 2 unspecified atom stereocenters. The highest BCUT2D eigenvalue weighted by atomic mass is 35.5. The van der Waals surface area contributed by atoms with Crippen molar-refractivity contribution in [3.8, 4) is 0 Å². The van der Waals surface area contributed by atoms with Crippen molar-refractivity contribution in [2.45, 2.75) is 51.2 Å². The van der Waals surface area contributed by atoms with Crippen LogP contribution in [-0.4, -0.2) is 52.6 Å². The fourth-order valence-corrected chi connectivity index (χ4v) is 4.30. The molecule has 0 radical (unpaired) electrons. The molecule has 0 N–H and O–H groups in total. The lowest BCUT2D eigenvalue weighted by molar-refractivity contribution is -0.187. The molecule has 26 heavy (non-hydrogen) atoms. The lowest BCUT2D eigenvalue weighted by Crippen LogP contribution is -2.53. The molecule has 3 rings (SSSR count). The Balaban J connectivity index is 1.80. The Bertz CT molecular complexity index is 650. The summed E-state index contributed by atoms with van der Waals surface area (Å²) in [5, 5.41) is 0.356. The number of alkyl halides is 3. The van der Waals surface area contributed by atoms with Crippen LogP contribution >= 0.6 is 11.6 Å². The number of piperidine rings is 2. The summed E-state index contributed by atoms with van der Waals surface area (Å²) in [4.78, 5) is 23.3. The molecule has 2 atom stereocenters. The number of aromatic nitrogens is 2. The second-order valence-corrected chi connectivity index (χ2v) is 7.39. The Morgan fingerprint density at radius 3 is 2.65 bits per heavy atom. The third kappa shape index (κ3) is 4.22. The average molecular weight is 391 g/mol. The van der Waals surface area contributed by atoms with Crippen LogP contribution in [0.3, 0.4) is 0 Å². The van der Waals surface area contributed by atoms with Gasteiger partial charge in [-0.15, -0.1) is 0 Å². The van der Waals surface area contributed by atoms with Crippen LogP contribution in [0.1, 0.15) is 37.9 Å². The maximum atomic E-state index is 12.8. The predicted octanol–water partition coefficient (Wildman–Crippen LogP) is 3.60. The number of hydrogen-bond acceptors (Lipinski definition) is 4. The van der Waals surface area contributed by atoms with E-state index in [9.17, 15) is 18.0 Å². The minimum atomic E-state index is -4.81. The zero-order valence-corrected chi connectivity index (χ0v) is 15.4. The number of carbonyl (C=O) groups excluding carboxylic acids is 1. The number of amides is 1. The molecule has 2 saturated heterocycles. The van der Waals surface area contributed by atoms with E-state index in [-0.39, 0.29) is 25.0 Å². The van der Waals surface area contributed by atoms with Gasteiger partial charge < -0.3 is 9.80 Å². The Labute approximate surface area is 155 Å². The van der Waals surface area contributed by atoms with Gasteiger partial charge in [-0.25, -0.2) is 9.97 Å².